The van der Waals surface area contributed by atoms with Crippen molar-refractivity contribution in [1.82, 2.24) is 24.9 Å². The molecule has 31 heavy (non-hydrogen) atoms. The van der Waals surface area contributed by atoms with Gasteiger partial charge in [-0.25, -0.2) is 0 Å². The summed E-state index contributed by atoms with van der Waals surface area (Å²) < 4.78 is 18.3. The Morgan fingerprint density at radius 3 is 2.90 bits per heavy atom. The number of furan rings is 1. The zero-order valence-corrected chi connectivity index (χ0v) is 18.1. The number of thioether (sulfide) groups is 1. The van der Waals surface area contributed by atoms with Crippen molar-refractivity contribution in [2.75, 3.05) is 7.11 Å². The maximum absolute atomic E-state index is 5.55. The molecule has 1 aromatic carbocycles. The minimum absolute atomic E-state index is 0.478. The highest BCUT2D eigenvalue weighted by molar-refractivity contribution is 7.98. The van der Waals surface area contributed by atoms with E-state index in [9.17, 15) is 0 Å². The quantitative estimate of drug-likeness (QED) is 0.304. The van der Waals surface area contributed by atoms with Crippen LogP contribution < -0.4 is 4.74 Å². The molecule has 0 spiro atoms. The first-order chi connectivity index (χ1) is 15.3. The fraction of sp³-hybridized carbons (Fsp3) is 0.143. The highest BCUT2D eigenvalue weighted by Gasteiger charge is 2.18. The molecule has 4 heterocycles. The minimum Gasteiger partial charge on any atom is -0.497 e. The van der Waals surface area contributed by atoms with Gasteiger partial charge in [-0.2, -0.15) is 16.3 Å². The molecule has 0 N–H and O–H groups in total. The average molecular weight is 452 g/mol. The monoisotopic (exact) mass is 451 g/mol. The molecular formula is C21H17N5O3S2. The van der Waals surface area contributed by atoms with Crippen molar-refractivity contribution in [3.8, 4) is 28.5 Å². The van der Waals surface area contributed by atoms with Gasteiger partial charge in [0.2, 0.25) is 11.7 Å². The molecule has 8 nitrogen and oxygen atoms in total. The maximum Gasteiger partial charge on any atom is 0.237 e. The van der Waals surface area contributed by atoms with E-state index in [2.05, 4.69) is 20.3 Å². The number of hydrogen-bond acceptors (Lipinski definition) is 9. The molecule has 0 atom stereocenters. The van der Waals surface area contributed by atoms with Crippen LogP contribution in [0.2, 0.25) is 0 Å². The number of thiophene rings is 1. The van der Waals surface area contributed by atoms with Crippen LogP contribution in [0.15, 0.2) is 73.6 Å². The van der Waals surface area contributed by atoms with E-state index in [1.807, 2.05) is 57.8 Å². The predicted molar refractivity (Wildman–Crippen MR) is 117 cm³/mol. The van der Waals surface area contributed by atoms with Gasteiger partial charge in [-0.3, -0.25) is 4.57 Å². The Labute approximate surface area is 185 Å². The number of hydrogen-bond donors (Lipinski definition) is 0. The maximum atomic E-state index is 5.55. The molecule has 0 unspecified atom stereocenters. The lowest BCUT2D eigenvalue weighted by molar-refractivity contribution is 0.391. The van der Waals surface area contributed by atoms with Gasteiger partial charge in [0.15, 0.2) is 11.0 Å². The lowest BCUT2D eigenvalue weighted by atomic mass is 10.2. The molecule has 0 saturated carbocycles. The van der Waals surface area contributed by atoms with Gasteiger partial charge >= 0.3 is 0 Å². The van der Waals surface area contributed by atoms with Gasteiger partial charge in [-0.1, -0.05) is 29.1 Å². The summed E-state index contributed by atoms with van der Waals surface area (Å²) in [5.41, 5.74) is 1.86. The number of aromatic nitrogens is 5. The molecule has 4 aromatic heterocycles. The number of methoxy groups -OCH3 is 1. The Balaban J connectivity index is 1.42. The summed E-state index contributed by atoms with van der Waals surface area (Å²) in [5.74, 6) is 3.88. The van der Waals surface area contributed by atoms with Gasteiger partial charge < -0.3 is 13.7 Å². The first-order valence-electron chi connectivity index (χ1n) is 9.38. The van der Waals surface area contributed by atoms with Crippen LogP contribution in [-0.2, 0) is 12.3 Å². The standard InChI is InChI=1S/C21H17N5O3S2/c1-27-16-5-2-4-14(10-16)20-23-24-21(26(20)11-17-6-3-8-28-17)31-13-18-22-19(25-29-18)15-7-9-30-12-15/h2-10,12H,11,13H2,1H3. The van der Waals surface area contributed by atoms with Crippen molar-refractivity contribution in [3.63, 3.8) is 0 Å². The summed E-state index contributed by atoms with van der Waals surface area (Å²) >= 11 is 3.08. The van der Waals surface area contributed by atoms with Crippen LogP contribution in [0.25, 0.3) is 22.8 Å². The third-order valence-corrected chi connectivity index (χ3v) is 6.15. The second-order valence-corrected chi connectivity index (χ2v) is 8.24. The summed E-state index contributed by atoms with van der Waals surface area (Å²) in [6.45, 7) is 0.499. The van der Waals surface area contributed by atoms with Gasteiger partial charge in [0.1, 0.15) is 11.5 Å². The van der Waals surface area contributed by atoms with E-state index < -0.39 is 0 Å². The van der Waals surface area contributed by atoms with E-state index in [0.717, 1.165) is 33.6 Å². The third kappa shape index (κ3) is 4.25. The Morgan fingerprint density at radius 2 is 2.10 bits per heavy atom. The second-order valence-electron chi connectivity index (χ2n) is 6.52. The Kier molecular flexibility index (Phi) is 5.55. The van der Waals surface area contributed by atoms with Crippen molar-refractivity contribution in [3.05, 3.63) is 71.1 Å². The zero-order chi connectivity index (χ0) is 21.0. The third-order valence-electron chi connectivity index (χ3n) is 4.51. The Bertz CT molecular complexity index is 1260. The molecule has 0 aliphatic heterocycles. The second kappa shape index (κ2) is 8.78. The number of benzene rings is 1. The summed E-state index contributed by atoms with van der Waals surface area (Å²) in [6, 6.07) is 13.5. The van der Waals surface area contributed by atoms with E-state index in [1.54, 1.807) is 24.7 Å². The Hall–Kier alpha value is -3.37. The number of nitrogens with zero attached hydrogens (tertiary/aromatic N) is 5. The van der Waals surface area contributed by atoms with Gasteiger partial charge in [0, 0.05) is 16.5 Å². The average Bonchev–Trinajstić information content (AvgIpc) is 3.60. The fourth-order valence-corrected chi connectivity index (χ4v) is 4.43. The van der Waals surface area contributed by atoms with Crippen molar-refractivity contribution in [2.24, 2.45) is 0 Å². The van der Waals surface area contributed by atoms with E-state index in [4.69, 9.17) is 13.7 Å². The van der Waals surface area contributed by atoms with Crippen LogP contribution in [0, 0.1) is 0 Å². The van der Waals surface area contributed by atoms with Crippen molar-refractivity contribution in [1.29, 1.82) is 0 Å². The van der Waals surface area contributed by atoms with Crippen LogP contribution >= 0.6 is 23.1 Å². The molecular weight excluding hydrogens is 434 g/mol. The lowest BCUT2D eigenvalue weighted by Gasteiger charge is -2.09. The smallest absolute Gasteiger partial charge is 0.237 e. The van der Waals surface area contributed by atoms with E-state index >= 15 is 0 Å². The predicted octanol–water partition coefficient (Wildman–Crippen LogP) is 5.00. The highest BCUT2D eigenvalue weighted by atomic mass is 32.2. The molecule has 0 aliphatic rings. The topological polar surface area (TPSA) is 92.0 Å². The summed E-state index contributed by atoms with van der Waals surface area (Å²) in [7, 11) is 1.64. The van der Waals surface area contributed by atoms with Crippen molar-refractivity contribution >= 4 is 23.1 Å². The van der Waals surface area contributed by atoms with Gasteiger partial charge in [-0.15, -0.1) is 10.2 Å². The zero-order valence-electron chi connectivity index (χ0n) is 16.5. The van der Waals surface area contributed by atoms with E-state index in [1.165, 1.54) is 11.8 Å². The summed E-state index contributed by atoms with van der Waals surface area (Å²) in [5, 5.41) is 17.6. The lowest BCUT2D eigenvalue weighted by Crippen LogP contribution is -2.03. The van der Waals surface area contributed by atoms with E-state index in [0.29, 0.717) is 24.0 Å². The van der Waals surface area contributed by atoms with Crippen LogP contribution in [0.3, 0.4) is 0 Å². The molecule has 10 heteroatoms. The minimum atomic E-state index is 0.478. The molecule has 0 radical (unpaired) electrons. The molecule has 0 bridgehead atoms. The molecule has 0 amide bonds. The van der Waals surface area contributed by atoms with Crippen LogP contribution in [0.4, 0.5) is 0 Å². The molecule has 5 aromatic rings. The molecule has 0 fully saturated rings. The van der Waals surface area contributed by atoms with Crippen LogP contribution in [0.5, 0.6) is 5.75 Å². The molecule has 0 saturated heterocycles. The van der Waals surface area contributed by atoms with Crippen LogP contribution in [-0.4, -0.2) is 32.0 Å². The highest BCUT2D eigenvalue weighted by Crippen LogP contribution is 2.29. The largest absolute Gasteiger partial charge is 0.497 e. The SMILES string of the molecule is COc1cccc(-c2nnc(SCc3nc(-c4ccsc4)no3)n2Cc2ccco2)c1. The molecule has 156 valence electrons. The number of ether oxygens (including phenoxy) is 1. The van der Waals surface area contributed by atoms with E-state index in [-0.39, 0.29) is 0 Å². The molecule has 0 aliphatic carbocycles. The first-order valence-corrected chi connectivity index (χ1v) is 11.3. The van der Waals surface area contributed by atoms with Gasteiger partial charge in [-0.05, 0) is 35.7 Å². The Morgan fingerprint density at radius 1 is 1.13 bits per heavy atom. The normalized spacial score (nSPS) is 11.1. The van der Waals surface area contributed by atoms with Crippen molar-refractivity contribution in [2.45, 2.75) is 17.5 Å². The fourth-order valence-electron chi connectivity index (χ4n) is 3.02. The molecule has 5 rings (SSSR count). The van der Waals surface area contributed by atoms with Gasteiger partial charge in [0.05, 0.1) is 25.7 Å². The van der Waals surface area contributed by atoms with Gasteiger partial charge in [0.25, 0.3) is 0 Å². The first kappa shape index (κ1) is 19.6. The summed E-state index contributed by atoms with van der Waals surface area (Å²) in [6.07, 6.45) is 1.65. The van der Waals surface area contributed by atoms with Crippen molar-refractivity contribution < 1.29 is 13.7 Å². The number of rotatable bonds is 8. The van der Waals surface area contributed by atoms with Crippen LogP contribution in [0.1, 0.15) is 11.7 Å². The summed E-state index contributed by atoms with van der Waals surface area (Å²) in [4.78, 5) is 4.48.